The highest BCUT2D eigenvalue weighted by molar-refractivity contribution is 6.31. The molecule has 0 amide bonds. The van der Waals surface area contributed by atoms with Crippen molar-refractivity contribution >= 4 is 17.6 Å². The first-order valence-corrected chi connectivity index (χ1v) is 7.59. The molecule has 1 aliphatic heterocycles. The summed E-state index contributed by atoms with van der Waals surface area (Å²) in [7, 11) is 0. The van der Waals surface area contributed by atoms with Crippen LogP contribution in [0.3, 0.4) is 0 Å². The fraction of sp³-hybridized carbons (Fsp3) is 0.500. The van der Waals surface area contributed by atoms with Gasteiger partial charge in [-0.15, -0.1) is 0 Å². The molecule has 0 radical (unpaired) electrons. The second kappa shape index (κ2) is 7.44. The van der Waals surface area contributed by atoms with Crippen molar-refractivity contribution in [2.45, 2.75) is 26.3 Å². The SMILES string of the molecule is CCOC(=O)C1CCCN(Cc2ccc(C#N)cc2Cl)C1. The molecule has 112 valence electrons. The predicted octanol–water partition coefficient (Wildman–Crippen LogP) is 2.99. The molecule has 4 nitrogen and oxygen atoms in total. The molecule has 1 saturated heterocycles. The lowest BCUT2D eigenvalue weighted by Crippen LogP contribution is -2.39. The number of benzene rings is 1. The summed E-state index contributed by atoms with van der Waals surface area (Å²) in [5.74, 6) is -0.149. The molecule has 0 N–H and O–H groups in total. The van der Waals surface area contributed by atoms with E-state index in [4.69, 9.17) is 21.6 Å². The normalized spacial score (nSPS) is 19.0. The van der Waals surface area contributed by atoms with Gasteiger partial charge in [0.05, 0.1) is 24.2 Å². The Balaban J connectivity index is 1.99. The highest BCUT2D eigenvalue weighted by Crippen LogP contribution is 2.23. The van der Waals surface area contributed by atoms with Crippen LogP contribution in [0.15, 0.2) is 18.2 Å². The van der Waals surface area contributed by atoms with Crippen LogP contribution in [0.25, 0.3) is 0 Å². The second-order valence-electron chi connectivity index (χ2n) is 5.24. The molecule has 0 aromatic heterocycles. The van der Waals surface area contributed by atoms with E-state index in [1.807, 2.05) is 13.0 Å². The van der Waals surface area contributed by atoms with Gasteiger partial charge in [-0.2, -0.15) is 5.26 Å². The zero-order valence-electron chi connectivity index (χ0n) is 12.1. The van der Waals surface area contributed by atoms with Crippen molar-refractivity contribution in [2.75, 3.05) is 19.7 Å². The number of carbonyl (C=O) groups is 1. The van der Waals surface area contributed by atoms with Gasteiger partial charge in [0.15, 0.2) is 0 Å². The van der Waals surface area contributed by atoms with Crippen molar-refractivity contribution in [3.05, 3.63) is 34.3 Å². The number of nitriles is 1. The van der Waals surface area contributed by atoms with Gasteiger partial charge in [-0.05, 0) is 44.0 Å². The third-order valence-corrected chi connectivity index (χ3v) is 4.05. The van der Waals surface area contributed by atoms with Crippen molar-refractivity contribution in [3.8, 4) is 6.07 Å². The largest absolute Gasteiger partial charge is 0.466 e. The van der Waals surface area contributed by atoms with Gasteiger partial charge in [-0.25, -0.2) is 0 Å². The zero-order valence-corrected chi connectivity index (χ0v) is 12.9. The quantitative estimate of drug-likeness (QED) is 0.803. The summed E-state index contributed by atoms with van der Waals surface area (Å²) in [5, 5.41) is 9.45. The molecule has 1 heterocycles. The number of carbonyl (C=O) groups excluding carboxylic acids is 1. The van der Waals surface area contributed by atoms with Crippen LogP contribution < -0.4 is 0 Å². The summed E-state index contributed by atoms with van der Waals surface area (Å²) in [6.45, 7) is 4.60. The summed E-state index contributed by atoms with van der Waals surface area (Å²) in [4.78, 5) is 14.1. The van der Waals surface area contributed by atoms with E-state index in [-0.39, 0.29) is 11.9 Å². The molecule has 1 aliphatic rings. The Bertz CT molecular complexity index is 554. The first-order valence-electron chi connectivity index (χ1n) is 7.21. The zero-order chi connectivity index (χ0) is 15.2. The molecule has 0 aliphatic carbocycles. The minimum atomic E-state index is -0.104. The van der Waals surface area contributed by atoms with Gasteiger partial charge in [-0.1, -0.05) is 17.7 Å². The summed E-state index contributed by atoms with van der Waals surface area (Å²) in [6.07, 6.45) is 1.87. The van der Waals surface area contributed by atoms with E-state index < -0.39 is 0 Å². The highest BCUT2D eigenvalue weighted by atomic mass is 35.5. The maximum Gasteiger partial charge on any atom is 0.310 e. The molecule has 1 unspecified atom stereocenters. The summed E-state index contributed by atoms with van der Waals surface area (Å²) in [6, 6.07) is 7.42. The highest BCUT2D eigenvalue weighted by Gasteiger charge is 2.27. The van der Waals surface area contributed by atoms with Crippen LogP contribution in [0.1, 0.15) is 30.9 Å². The smallest absolute Gasteiger partial charge is 0.310 e. The number of likely N-dealkylation sites (tertiary alicyclic amines) is 1. The molecule has 1 aromatic carbocycles. The minimum absolute atomic E-state index is 0.0455. The van der Waals surface area contributed by atoms with Gasteiger partial charge < -0.3 is 4.74 Å². The average Bonchev–Trinajstić information content (AvgIpc) is 2.50. The molecule has 0 saturated carbocycles. The average molecular weight is 307 g/mol. The van der Waals surface area contributed by atoms with E-state index >= 15 is 0 Å². The predicted molar refractivity (Wildman–Crippen MR) is 80.8 cm³/mol. The van der Waals surface area contributed by atoms with Crippen LogP contribution in [0, 0.1) is 17.2 Å². The number of ether oxygens (including phenoxy) is 1. The van der Waals surface area contributed by atoms with Crippen LogP contribution in [-0.4, -0.2) is 30.6 Å². The van der Waals surface area contributed by atoms with Crippen LogP contribution in [-0.2, 0) is 16.1 Å². The first kappa shape index (κ1) is 15.8. The lowest BCUT2D eigenvalue weighted by molar-refractivity contribution is -0.150. The van der Waals surface area contributed by atoms with Crippen LogP contribution in [0.5, 0.6) is 0 Å². The standard InChI is InChI=1S/C16H19ClN2O2/c1-2-21-16(20)14-4-3-7-19(11-14)10-13-6-5-12(9-18)8-15(13)17/h5-6,8,14H,2-4,7,10-11H2,1H3. The number of hydrogen-bond donors (Lipinski definition) is 0. The first-order chi connectivity index (χ1) is 10.1. The van der Waals surface area contributed by atoms with Gasteiger partial charge in [0.2, 0.25) is 0 Å². The maximum absolute atomic E-state index is 11.8. The van der Waals surface area contributed by atoms with E-state index in [0.717, 1.165) is 24.9 Å². The van der Waals surface area contributed by atoms with E-state index in [1.165, 1.54) is 0 Å². The molecular formula is C16H19ClN2O2. The molecule has 21 heavy (non-hydrogen) atoms. The van der Waals surface area contributed by atoms with Crippen LogP contribution in [0.2, 0.25) is 5.02 Å². The van der Waals surface area contributed by atoms with Crippen molar-refractivity contribution in [1.29, 1.82) is 5.26 Å². The molecule has 2 rings (SSSR count). The Morgan fingerprint density at radius 3 is 3.05 bits per heavy atom. The molecule has 1 fully saturated rings. The Morgan fingerprint density at radius 2 is 2.38 bits per heavy atom. The Morgan fingerprint density at radius 1 is 1.57 bits per heavy atom. The summed E-state index contributed by atoms with van der Waals surface area (Å²) >= 11 is 6.21. The van der Waals surface area contributed by atoms with Crippen molar-refractivity contribution < 1.29 is 9.53 Å². The summed E-state index contributed by atoms with van der Waals surface area (Å²) < 4.78 is 5.11. The van der Waals surface area contributed by atoms with Crippen molar-refractivity contribution in [1.82, 2.24) is 4.90 Å². The van der Waals surface area contributed by atoms with E-state index in [0.29, 0.717) is 30.3 Å². The van der Waals surface area contributed by atoms with Crippen LogP contribution >= 0.6 is 11.6 Å². The van der Waals surface area contributed by atoms with Gasteiger partial charge in [-0.3, -0.25) is 9.69 Å². The molecule has 0 spiro atoms. The van der Waals surface area contributed by atoms with E-state index in [1.54, 1.807) is 12.1 Å². The molecule has 0 bridgehead atoms. The minimum Gasteiger partial charge on any atom is -0.466 e. The fourth-order valence-electron chi connectivity index (χ4n) is 2.64. The topological polar surface area (TPSA) is 53.3 Å². The van der Waals surface area contributed by atoms with Gasteiger partial charge in [0.25, 0.3) is 0 Å². The Hall–Kier alpha value is -1.57. The monoisotopic (exact) mass is 306 g/mol. The van der Waals surface area contributed by atoms with Gasteiger partial charge in [0, 0.05) is 18.1 Å². The lowest BCUT2D eigenvalue weighted by atomic mass is 9.97. The Kier molecular flexibility index (Phi) is 5.60. The maximum atomic E-state index is 11.8. The Labute approximate surface area is 130 Å². The summed E-state index contributed by atoms with van der Waals surface area (Å²) in [5.41, 5.74) is 1.55. The number of halogens is 1. The number of hydrogen-bond acceptors (Lipinski definition) is 4. The molecule has 1 atom stereocenters. The third kappa shape index (κ3) is 4.20. The van der Waals surface area contributed by atoms with Crippen molar-refractivity contribution in [3.63, 3.8) is 0 Å². The number of esters is 1. The number of rotatable bonds is 4. The third-order valence-electron chi connectivity index (χ3n) is 3.70. The van der Waals surface area contributed by atoms with E-state index in [9.17, 15) is 4.79 Å². The molecular weight excluding hydrogens is 288 g/mol. The van der Waals surface area contributed by atoms with E-state index in [2.05, 4.69) is 11.0 Å². The van der Waals surface area contributed by atoms with Gasteiger partial charge >= 0.3 is 5.97 Å². The lowest BCUT2D eigenvalue weighted by Gasteiger charge is -2.31. The second-order valence-corrected chi connectivity index (χ2v) is 5.65. The van der Waals surface area contributed by atoms with Crippen molar-refractivity contribution in [2.24, 2.45) is 5.92 Å². The number of piperidine rings is 1. The van der Waals surface area contributed by atoms with Crippen LogP contribution in [0.4, 0.5) is 0 Å². The number of nitrogens with zero attached hydrogens (tertiary/aromatic N) is 2. The fourth-order valence-corrected chi connectivity index (χ4v) is 2.88. The molecule has 1 aromatic rings. The molecule has 5 heteroatoms. The van der Waals surface area contributed by atoms with Gasteiger partial charge in [0.1, 0.15) is 0 Å².